The fourth-order valence-electron chi connectivity index (χ4n) is 1.80. The van der Waals surface area contributed by atoms with Crippen LogP contribution in [0, 0.1) is 11.3 Å². The van der Waals surface area contributed by atoms with Gasteiger partial charge in [0.15, 0.2) is 0 Å². The molecule has 21 heavy (non-hydrogen) atoms. The van der Waals surface area contributed by atoms with Crippen LogP contribution in [0.5, 0.6) is 11.5 Å². The molecule has 0 aliphatic rings. The number of hydrogen-bond acceptors (Lipinski definition) is 4. The number of rotatable bonds is 7. The van der Waals surface area contributed by atoms with E-state index in [0.29, 0.717) is 13.0 Å². The van der Waals surface area contributed by atoms with Gasteiger partial charge in [-0.05, 0) is 35.9 Å². The van der Waals surface area contributed by atoms with Gasteiger partial charge in [0, 0.05) is 10.6 Å². The lowest BCUT2D eigenvalue weighted by molar-refractivity contribution is 0.344. The Labute approximate surface area is 129 Å². The van der Waals surface area contributed by atoms with Crippen LogP contribution in [0.1, 0.15) is 5.56 Å². The number of thioether (sulfide) groups is 1. The molecule has 3 nitrogen and oxygen atoms in total. The lowest BCUT2D eigenvalue weighted by atomic mass is 10.2. The van der Waals surface area contributed by atoms with E-state index in [0.717, 1.165) is 22.8 Å². The highest BCUT2D eigenvalue weighted by atomic mass is 32.2. The summed E-state index contributed by atoms with van der Waals surface area (Å²) in [6.07, 6.45) is 0.436. The first-order valence-electron chi connectivity index (χ1n) is 6.67. The highest BCUT2D eigenvalue weighted by Gasteiger charge is 1.98. The van der Waals surface area contributed by atoms with Crippen molar-refractivity contribution in [2.24, 2.45) is 0 Å². The largest absolute Gasteiger partial charge is 0.497 e. The Morgan fingerprint density at radius 2 is 1.90 bits per heavy atom. The smallest absolute Gasteiger partial charge is 0.119 e. The fraction of sp³-hybridized carbons (Fsp3) is 0.235. The molecule has 0 saturated carbocycles. The second kappa shape index (κ2) is 8.23. The van der Waals surface area contributed by atoms with Gasteiger partial charge >= 0.3 is 0 Å². The average molecular weight is 299 g/mol. The van der Waals surface area contributed by atoms with Crippen LogP contribution < -0.4 is 9.47 Å². The van der Waals surface area contributed by atoms with Crippen molar-refractivity contribution in [3.8, 4) is 17.6 Å². The minimum atomic E-state index is 0.436. The van der Waals surface area contributed by atoms with Crippen molar-refractivity contribution >= 4 is 11.8 Å². The number of methoxy groups -OCH3 is 1. The Hall–Kier alpha value is -2.12. The van der Waals surface area contributed by atoms with Gasteiger partial charge in [0.2, 0.25) is 0 Å². The van der Waals surface area contributed by atoms with Gasteiger partial charge in [-0.1, -0.05) is 18.2 Å². The second-order valence-electron chi connectivity index (χ2n) is 4.35. The van der Waals surface area contributed by atoms with E-state index in [1.165, 1.54) is 4.90 Å². The molecule has 4 heteroatoms. The summed E-state index contributed by atoms with van der Waals surface area (Å²) in [7, 11) is 1.67. The number of ether oxygens (including phenoxy) is 2. The molecule has 2 aromatic carbocycles. The lowest BCUT2D eigenvalue weighted by Crippen LogP contribution is -2.00. The predicted molar refractivity (Wildman–Crippen MR) is 85.0 cm³/mol. The molecule has 0 spiro atoms. The minimum absolute atomic E-state index is 0.436. The molecule has 0 unspecified atom stereocenters. The normalized spacial score (nSPS) is 9.90. The maximum absolute atomic E-state index is 8.62. The molecule has 0 amide bonds. The number of benzene rings is 2. The van der Waals surface area contributed by atoms with Gasteiger partial charge in [0.05, 0.1) is 26.2 Å². The van der Waals surface area contributed by atoms with Crippen LogP contribution >= 0.6 is 11.8 Å². The minimum Gasteiger partial charge on any atom is -0.497 e. The predicted octanol–water partition coefficient (Wildman–Crippen LogP) is 3.93. The van der Waals surface area contributed by atoms with Gasteiger partial charge in [-0.3, -0.25) is 0 Å². The summed E-state index contributed by atoms with van der Waals surface area (Å²) in [4.78, 5) is 1.17. The molecular formula is C17H17NO2S. The zero-order chi connectivity index (χ0) is 14.9. The number of nitriles is 1. The van der Waals surface area contributed by atoms with Gasteiger partial charge in [-0.2, -0.15) is 5.26 Å². The summed E-state index contributed by atoms with van der Waals surface area (Å²) in [6.45, 7) is 0.638. The molecule has 2 aromatic rings. The first kappa shape index (κ1) is 15.3. The maximum Gasteiger partial charge on any atom is 0.119 e. The van der Waals surface area contributed by atoms with E-state index in [2.05, 4.69) is 12.1 Å². The molecule has 0 aliphatic heterocycles. The third kappa shape index (κ3) is 5.05. The molecule has 0 atom stereocenters. The molecule has 0 bridgehead atoms. The third-order valence-corrected chi connectivity index (χ3v) is 3.83. The average Bonchev–Trinajstić information content (AvgIpc) is 2.53. The van der Waals surface area contributed by atoms with Gasteiger partial charge < -0.3 is 9.47 Å². The van der Waals surface area contributed by atoms with E-state index in [1.54, 1.807) is 18.9 Å². The summed E-state index contributed by atoms with van der Waals surface area (Å²) in [5.41, 5.74) is 1.01. The number of hydrogen-bond donors (Lipinski definition) is 0. The number of nitrogens with zero attached hydrogens (tertiary/aromatic N) is 1. The van der Waals surface area contributed by atoms with Crippen LogP contribution in [0.15, 0.2) is 53.4 Å². The lowest BCUT2D eigenvalue weighted by Gasteiger charge is -2.07. The zero-order valence-electron chi connectivity index (χ0n) is 11.9. The Kier molecular flexibility index (Phi) is 5.99. The summed E-state index contributed by atoms with van der Waals surface area (Å²) < 4.78 is 10.9. The van der Waals surface area contributed by atoms with Crippen molar-refractivity contribution < 1.29 is 9.47 Å². The van der Waals surface area contributed by atoms with Gasteiger partial charge in [0.1, 0.15) is 11.5 Å². The molecule has 0 aromatic heterocycles. The standard InChI is InChI=1S/C17H17NO2S/c1-19-16-3-2-4-17(13-16)21-12-11-20-15-7-5-14(6-8-15)9-10-18/h2-8,13H,9,11-12H2,1H3. The van der Waals surface area contributed by atoms with Crippen LogP contribution in [-0.2, 0) is 6.42 Å². The molecular weight excluding hydrogens is 282 g/mol. The van der Waals surface area contributed by atoms with Crippen molar-refractivity contribution in [2.75, 3.05) is 19.5 Å². The van der Waals surface area contributed by atoms with E-state index >= 15 is 0 Å². The molecule has 0 aliphatic carbocycles. The molecule has 0 fully saturated rings. The first-order valence-corrected chi connectivity index (χ1v) is 7.66. The van der Waals surface area contributed by atoms with E-state index in [1.807, 2.05) is 42.5 Å². The van der Waals surface area contributed by atoms with Gasteiger partial charge in [-0.25, -0.2) is 0 Å². The van der Waals surface area contributed by atoms with Crippen LogP contribution in [-0.4, -0.2) is 19.5 Å². The van der Waals surface area contributed by atoms with Crippen molar-refractivity contribution in [1.29, 1.82) is 5.26 Å². The van der Waals surface area contributed by atoms with Crippen LogP contribution in [0.4, 0.5) is 0 Å². The quantitative estimate of drug-likeness (QED) is 0.574. The van der Waals surface area contributed by atoms with E-state index in [-0.39, 0.29) is 0 Å². The van der Waals surface area contributed by atoms with Crippen molar-refractivity contribution in [2.45, 2.75) is 11.3 Å². The van der Waals surface area contributed by atoms with E-state index in [9.17, 15) is 0 Å². The van der Waals surface area contributed by atoms with Gasteiger partial charge in [-0.15, -0.1) is 11.8 Å². The second-order valence-corrected chi connectivity index (χ2v) is 5.52. The first-order chi connectivity index (χ1) is 10.3. The Balaban J connectivity index is 1.75. The molecule has 0 heterocycles. The van der Waals surface area contributed by atoms with E-state index in [4.69, 9.17) is 14.7 Å². The van der Waals surface area contributed by atoms with Crippen molar-refractivity contribution in [1.82, 2.24) is 0 Å². The molecule has 108 valence electrons. The Morgan fingerprint density at radius 3 is 2.62 bits per heavy atom. The highest BCUT2D eigenvalue weighted by Crippen LogP contribution is 2.22. The van der Waals surface area contributed by atoms with Gasteiger partial charge in [0.25, 0.3) is 0 Å². The van der Waals surface area contributed by atoms with Crippen LogP contribution in [0.2, 0.25) is 0 Å². The Morgan fingerprint density at radius 1 is 1.10 bits per heavy atom. The summed E-state index contributed by atoms with van der Waals surface area (Å²) in [5, 5.41) is 8.62. The highest BCUT2D eigenvalue weighted by molar-refractivity contribution is 7.99. The molecule has 0 saturated heterocycles. The SMILES string of the molecule is COc1cccc(SCCOc2ccc(CC#N)cc2)c1. The van der Waals surface area contributed by atoms with Crippen LogP contribution in [0.25, 0.3) is 0 Å². The maximum atomic E-state index is 8.62. The van der Waals surface area contributed by atoms with Crippen LogP contribution in [0.3, 0.4) is 0 Å². The third-order valence-electron chi connectivity index (χ3n) is 2.87. The fourth-order valence-corrected chi connectivity index (χ4v) is 2.58. The zero-order valence-corrected chi connectivity index (χ0v) is 12.7. The molecule has 2 rings (SSSR count). The molecule has 0 radical (unpaired) electrons. The molecule has 0 N–H and O–H groups in total. The topological polar surface area (TPSA) is 42.2 Å². The Bertz CT molecular complexity index is 605. The van der Waals surface area contributed by atoms with Crippen molar-refractivity contribution in [3.05, 3.63) is 54.1 Å². The summed E-state index contributed by atoms with van der Waals surface area (Å²) >= 11 is 1.73. The van der Waals surface area contributed by atoms with E-state index < -0.39 is 0 Å². The summed E-state index contributed by atoms with van der Waals surface area (Å²) in [6, 6.07) is 17.8. The van der Waals surface area contributed by atoms with Crippen molar-refractivity contribution in [3.63, 3.8) is 0 Å². The summed E-state index contributed by atoms with van der Waals surface area (Å²) in [5.74, 6) is 2.57. The monoisotopic (exact) mass is 299 g/mol.